The number of benzene rings is 4. The minimum absolute atomic E-state index is 0.00502. The van der Waals surface area contributed by atoms with Crippen molar-refractivity contribution >= 4 is 79.5 Å². The number of anilines is 2. The fourth-order valence-corrected chi connectivity index (χ4v) is 7.47. The first-order chi connectivity index (χ1) is 24.3. The van der Waals surface area contributed by atoms with E-state index in [1.54, 1.807) is 62.4 Å². The topological polar surface area (TPSA) is 193 Å². The fraction of sp³-hybridized carbons (Fsp3) is 0.111. The van der Waals surface area contributed by atoms with Crippen LogP contribution in [0.5, 0.6) is 0 Å². The van der Waals surface area contributed by atoms with E-state index in [1.165, 1.54) is 48.5 Å². The van der Waals surface area contributed by atoms with Gasteiger partial charge in [0.05, 0.1) is 44.4 Å². The molecule has 0 radical (unpaired) electrons. The summed E-state index contributed by atoms with van der Waals surface area (Å²) in [5.41, 5.74) is 15.3. The van der Waals surface area contributed by atoms with Crippen LogP contribution in [0.4, 0.5) is 11.4 Å². The number of amides is 2. The molecule has 2 aliphatic rings. The SMILES string of the molecule is CC1N=C(N)NC(c2ccccc2Cl)=C1C(=O)Nc1ccc(S(=O)(=O)c2ccc(NC(=O)C3=C(c4ccccc4Cl)NC(N)=NC3C)cc2)cc1. The average molecular weight is 744 g/mol. The molecule has 0 spiro atoms. The minimum atomic E-state index is -3.96. The van der Waals surface area contributed by atoms with Crippen molar-refractivity contribution in [3.63, 3.8) is 0 Å². The van der Waals surface area contributed by atoms with Gasteiger partial charge in [-0.25, -0.2) is 18.4 Å². The van der Waals surface area contributed by atoms with Gasteiger partial charge in [-0.15, -0.1) is 0 Å². The van der Waals surface area contributed by atoms with Gasteiger partial charge < -0.3 is 32.7 Å². The van der Waals surface area contributed by atoms with Gasteiger partial charge in [0.2, 0.25) is 9.84 Å². The van der Waals surface area contributed by atoms with E-state index < -0.39 is 33.7 Å². The molecule has 260 valence electrons. The van der Waals surface area contributed by atoms with Crippen molar-refractivity contribution in [1.82, 2.24) is 10.6 Å². The molecule has 4 aromatic rings. The molecule has 6 rings (SSSR count). The number of carbonyl (C=O) groups excluding carboxylic acids is 2. The molecule has 0 aliphatic carbocycles. The van der Waals surface area contributed by atoms with Gasteiger partial charge in [0, 0.05) is 32.5 Å². The van der Waals surface area contributed by atoms with Crippen LogP contribution in [0.15, 0.2) is 128 Å². The highest BCUT2D eigenvalue weighted by molar-refractivity contribution is 7.91. The van der Waals surface area contributed by atoms with Crippen LogP contribution in [0.2, 0.25) is 10.0 Å². The third kappa shape index (κ3) is 7.31. The summed E-state index contributed by atoms with van der Waals surface area (Å²) in [4.78, 5) is 35.6. The van der Waals surface area contributed by atoms with Gasteiger partial charge in [-0.05, 0) is 74.5 Å². The highest BCUT2D eigenvalue weighted by atomic mass is 35.5. The van der Waals surface area contributed by atoms with Crippen LogP contribution in [0.25, 0.3) is 11.4 Å². The van der Waals surface area contributed by atoms with Crippen LogP contribution < -0.4 is 32.7 Å². The lowest BCUT2D eigenvalue weighted by atomic mass is 9.99. The maximum absolute atomic E-state index is 13.5. The van der Waals surface area contributed by atoms with E-state index in [1.807, 2.05) is 0 Å². The van der Waals surface area contributed by atoms with Crippen molar-refractivity contribution in [2.24, 2.45) is 21.5 Å². The van der Waals surface area contributed by atoms with Gasteiger partial charge in [0.1, 0.15) is 0 Å². The molecule has 2 aliphatic heterocycles. The van der Waals surface area contributed by atoms with Crippen LogP contribution in [-0.4, -0.2) is 44.2 Å². The van der Waals surface area contributed by atoms with Crippen LogP contribution >= 0.6 is 23.2 Å². The van der Waals surface area contributed by atoms with E-state index in [9.17, 15) is 18.0 Å². The molecule has 0 saturated heterocycles. The summed E-state index contributed by atoms with van der Waals surface area (Å²) < 4.78 is 27.0. The molecule has 15 heteroatoms. The summed E-state index contributed by atoms with van der Waals surface area (Å²) in [5, 5.41) is 12.4. The third-order valence-corrected chi connectivity index (χ3v) is 10.6. The highest BCUT2D eigenvalue weighted by Gasteiger charge is 2.30. The van der Waals surface area contributed by atoms with Crippen LogP contribution in [0.1, 0.15) is 25.0 Å². The van der Waals surface area contributed by atoms with E-state index in [0.29, 0.717) is 55.1 Å². The molecule has 2 amide bonds. The number of aliphatic imine (C=N–C) groups is 2. The lowest BCUT2D eigenvalue weighted by Gasteiger charge is -2.25. The fourth-order valence-electron chi connectivity index (χ4n) is 5.75. The number of hydrogen-bond acceptors (Lipinski definition) is 10. The summed E-state index contributed by atoms with van der Waals surface area (Å²) in [6, 6.07) is 24.5. The Hall–Kier alpha value is -5.63. The highest BCUT2D eigenvalue weighted by Crippen LogP contribution is 2.31. The molecule has 0 bridgehead atoms. The summed E-state index contributed by atoms with van der Waals surface area (Å²) >= 11 is 12.8. The lowest BCUT2D eigenvalue weighted by molar-refractivity contribution is -0.113. The maximum atomic E-state index is 13.5. The van der Waals surface area contributed by atoms with Crippen molar-refractivity contribution < 1.29 is 18.0 Å². The molecule has 12 nitrogen and oxygen atoms in total. The molecule has 0 saturated carbocycles. The smallest absolute Gasteiger partial charge is 0.255 e. The summed E-state index contributed by atoms with van der Waals surface area (Å²) in [7, 11) is -3.96. The average Bonchev–Trinajstić information content (AvgIpc) is 3.08. The van der Waals surface area contributed by atoms with Crippen LogP contribution in [-0.2, 0) is 19.4 Å². The van der Waals surface area contributed by atoms with Gasteiger partial charge in [-0.1, -0.05) is 59.6 Å². The number of sulfone groups is 1. The normalized spacial score (nSPS) is 17.5. The molecule has 0 fully saturated rings. The van der Waals surface area contributed by atoms with E-state index in [4.69, 9.17) is 34.7 Å². The van der Waals surface area contributed by atoms with Crippen molar-refractivity contribution in [2.75, 3.05) is 10.6 Å². The van der Waals surface area contributed by atoms with E-state index in [0.717, 1.165) is 0 Å². The summed E-state index contributed by atoms with van der Waals surface area (Å²) in [5.74, 6) is -0.624. The Morgan fingerprint density at radius 3 is 1.33 bits per heavy atom. The number of guanidine groups is 2. The van der Waals surface area contributed by atoms with Gasteiger partial charge in [0.25, 0.3) is 11.8 Å². The van der Waals surface area contributed by atoms with Crippen molar-refractivity contribution in [3.8, 4) is 0 Å². The second-order valence-electron chi connectivity index (χ2n) is 11.6. The number of nitrogens with two attached hydrogens (primary N) is 2. The first-order valence-corrected chi connectivity index (χ1v) is 17.8. The Kier molecular flexibility index (Phi) is 9.88. The summed E-state index contributed by atoms with van der Waals surface area (Å²) in [6.45, 7) is 3.47. The second kappa shape index (κ2) is 14.3. The van der Waals surface area contributed by atoms with Crippen LogP contribution in [0.3, 0.4) is 0 Å². The molecule has 0 aromatic heterocycles. The number of carbonyl (C=O) groups is 2. The van der Waals surface area contributed by atoms with Crippen molar-refractivity contribution in [2.45, 2.75) is 35.7 Å². The molecular weight excluding hydrogens is 711 g/mol. The van der Waals surface area contributed by atoms with Gasteiger partial charge in [-0.3, -0.25) is 9.59 Å². The minimum Gasteiger partial charge on any atom is -0.370 e. The number of nitrogens with one attached hydrogen (secondary N) is 4. The van der Waals surface area contributed by atoms with Gasteiger partial charge >= 0.3 is 0 Å². The quantitative estimate of drug-likeness (QED) is 0.143. The number of hydrogen-bond donors (Lipinski definition) is 6. The first-order valence-electron chi connectivity index (χ1n) is 15.6. The Morgan fingerprint density at radius 2 is 0.980 bits per heavy atom. The Labute approximate surface area is 304 Å². The molecule has 2 heterocycles. The Balaban J connectivity index is 1.18. The van der Waals surface area contributed by atoms with E-state index in [-0.39, 0.29) is 21.7 Å². The number of nitrogens with zero attached hydrogens (tertiary/aromatic N) is 2. The maximum Gasteiger partial charge on any atom is 0.255 e. The standard InChI is InChI=1S/C36H32Cl2N8O4S/c1-19-29(31(45-35(39)41-19)25-7-3-5-9-27(25)37)33(47)43-21-11-15-23(16-12-21)51(49,50)24-17-13-22(14-18-24)44-34(48)30-20(2)42-36(40)46-32(30)26-8-4-6-10-28(26)38/h3-20H,1-2H3,(H,43,47)(H,44,48)(H3,39,41,45)(H3,40,42,46). The van der Waals surface area contributed by atoms with Gasteiger partial charge in [-0.2, -0.15) is 0 Å². The monoisotopic (exact) mass is 742 g/mol. The molecule has 4 aromatic carbocycles. The zero-order valence-electron chi connectivity index (χ0n) is 27.2. The number of halogens is 2. The molecule has 2 atom stereocenters. The molecule has 2 unspecified atom stereocenters. The van der Waals surface area contributed by atoms with Gasteiger partial charge in [0.15, 0.2) is 11.9 Å². The summed E-state index contributed by atoms with van der Waals surface area (Å²) in [6.07, 6.45) is 0. The zero-order chi connectivity index (χ0) is 36.4. The van der Waals surface area contributed by atoms with Crippen molar-refractivity contribution in [1.29, 1.82) is 0 Å². The Morgan fingerprint density at radius 1 is 0.627 bits per heavy atom. The largest absolute Gasteiger partial charge is 0.370 e. The predicted octanol–water partition coefficient (Wildman–Crippen LogP) is 5.14. The van der Waals surface area contributed by atoms with Crippen LogP contribution in [0, 0.1) is 0 Å². The molecule has 8 N–H and O–H groups in total. The first kappa shape index (κ1) is 35.2. The zero-order valence-corrected chi connectivity index (χ0v) is 29.6. The predicted molar refractivity (Wildman–Crippen MR) is 201 cm³/mol. The second-order valence-corrected chi connectivity index (χ2v) is 14.4. The van der Waals surface area contributed by atoms with E-state index in [2.05, 4.69) is 31.3 Å². The van der Waals surface area contributed by atoms with E-state index >= 15 is 0 Å². The molecular formula is C36H32Cl2N8O4S. The third-order valence-electron chi connectivity index (χ3n) is 8.17. The van der Waals surface area contributed by atoms with Crippen molar-refractivity contribution in [3.05, 3.63) is 129 Å². The number of rotatable bonds is 8. The molecule has 51 heavy (non-hydrogen) atoms. The lowest BCUT2D eigenvalue weighted by Crippen LogP contribution is -2.39. The Bertz CT molecular complexity index is 2130.